The highest BCUT2D eigenvalue weighted by Crippen LogP contribution is 2.17. The monoisotopic (exact) mass is 372 g/mol. The van der Waals surface area contributed by atoms with Gasteiger partial charge in [0, 0.05) is 17.8 Å². The minimum atomic E-state index is -0.486. The Morgan fingerprint density at radius 2 is 2.00 bits per heavy atom. The zero-order valence-corrected chi connectivity index (χ0v) is 14.1. The van der Waals surface area contributed by atoms with E-state index < -0.39 is 4.92 Å². The quantitative estimate of drug-likeness (QED) is 0.403. The Kier molecular flexibility index (Phi) is 5.13. The minimum absolute atomic E-state index is 0.0421. The number of hydrogen-bond donors (Lipinski definition) is 2. The summed E-state index contributed by atoms with van der Waals surface area (Å²) < 4.78 is 14.5. The molecule has 3 rings (SSSR count). The summed E-state index contributed by atoms with van der Waals surface area (Å²) in [6, 6.07) is 12.1. The van der Waals surface area contributed by atoms with Crippen LogP contribution in [-0.2, 0) is 6.54 Å². The summed E-state index contributed by atoms with van der Waals surface area (Å²) in [5, 5.41) is 20.8. The first kappa shape index (κ1) is 17.4. The molecule has 2 aromatic carbocycles. The first-order valence-electron chi connectivity index (χ1n) is 7.46. The third-order valence-corrected chi connectivity index (χ3v) is 3.54. The Bertz CT molecular complexity index is 944. The predicted octanol–water partition coefficient (Wildman–Crippen LogP) is 3.18. The van der Waals surface area contributed by atoms with E-state index in [9.17, 15) is 14.5 Å². The normalized spacial score (nSPS) is 10.3. The molecule has 0 bridgehead atoms. The van der Waals surface area contributed by atoms with Crippen molar-refractivity contribution in [3.63, 3.8) is 0 Å². The molecule has 1 aromatic heterocycles. The van der Waals surface area contributed by atoms with Gasteiger partial charge >= 0.3 is 0 Å². The van der Waals surface area contributed by atoms with Crippen molar-refractivity contribution in [3.05, 3.63) is 76.4 Å². The molecule has 0 radical (unpaired) electrons. The highest BCUT2D eigenvalue weighted by Gasteiger charge is 2.08. The number of nitrogens with one attached hydrogen (secondary N) is 2. The van der Waals surface area contributed by atoms with E-state index in [4.69, 9.17) is 12.2 Å². The highest BCUT2D eigenvalue weighted by atomic mass is 32.1. The lowest BCUT2D eigenvalue weighted by molar-refractivity contribution is -0.384. The van der Waals surface area contributed by atoms with Gasteiger partial charge in [0.1, 0.15) is 12.1 Å². The number of aromatic nitrogens is 3. The minimum Gasteiger partial charge on any atom is -0.332 e. The Hall–Kier alpha value is -3.40. The fraction of sp³-hybridized carbons (Fsp3) is 0.0625. The first-order chi connectivity index (χ1) is 12.5. The van der Waals surface area contributed by atoms with Crippen LogP contribution < -0.4 is 10.6 Å². The van der Waals surface area contributed by atoms with Crippen LogP contribution in [0.5, 0.6) is 0 Å². The molecule has 2 N–H and O–H groups in total. The van der Waals surface area contributed by atoms with Crippen molar-refractivity contribution in [2.75, 3.05) is 10.6 Å². The molecule has 1 heterocycles. The number of nitro benzene ring substituents is 1. The van der Waals surface area contributed by atoms with Gasteiger partial charge in [-0.3, -0.25) is 15.4 Å². The van der Waals surface area contributed by atoms with Gasteiger partial charge in [-0.2, -0.15) is 0 Å². The van der Waals surface area contributed by atoms with Crippen molar-refractivity contribution in [1.82, 2.24) is 14.8 Å². The lowest BCUT2D eigenvalue weighted by Gasteiger charge is -2.07. The second-order valence-corrected chi connectivity index (χ2v) is 5.69. The molecule has 8 nitrogen and oxygen atoms in total. The molecule has 3 aromatic rings. The first-order valence-corrected chi connectivity index (χ1v) is 7.87. The van der Waals surface area contributed by atoms with E-state index >= 15 is 0 Å². The van der Waals surface area contributed by atoms with Crippen LogP contribution in [0.25, 0.3) is 0 Å². The van der Waals surface area contributed by atoms with Crippen molar-refractivity contribution in [2.24, 2.45) is 0 Å². The van der Waals surface area contributed by atoms with E-state index in [0.29, 0.717) is 12.2 Å². The van der Waals surface area contributed by atoms with E-state index in [-0.39, 0.29) is 22.6 Å². The molecule has 10 heteroatoms. The molecular weight excluding hydrogens is 359 g/mol. The van der Waals surface area contributed by atoms with Crippen LogP contribution in [0, 0.1) is 15.9 Å². The third-order valence-electron chi connectivity index (χ3n) is 3.33. The summed E-state index contributed by atoms with van der Waals surface area (Å²) in [5.74, 6) is -0.0256. The van der Waals surface area contributed by atoms with Gasteiger partial charge in [-0.05, 0) is 36.0 Å². The number of nitrogens with zero attached hydrogens (tertiary/aromatic N) is 4. The van der Waals surface area contributed by atoms with Crippen molar-refractivity contribution in [2.45, 2.75) is 6.54 Å². The number of halogens is 1. The predicted molar refractivity (Wildman–Crippen MR) is 98.5 cm³/mol. The number of hydrogen-bond acceptors (Lipinski definition) is 5. The van der Waals surface area contributed by atoms with E-state index in [1.165, 1.54) is 30.6 Å². The zero-order chi connectivity index (χ0) is 18.5. The number of benzene rings is 2. The van der Waals surface area contributed by atoms with Crippen molar-refractivity contribution in [3.8, 4) is 0 Å². The summed E-state index contributed by atoms with van der Waals surface area (Å²) in [5.41, 5.74) is 1.31. The Balaban J connectivity index is 1.60. The average molecular weight is 372 g/mol. The van der Waals surface area contributed by atoms with E-state index in [0.717, 1.165) is 5.56 Å². The van der Waals surface area contributed by atoms with Crippen LogP contribution in [0.4, 0.5) is 21.7 Å². The molecular formula is C16H13FN6O2S. The van der Waals surface area contributed by atoms with Gasteiger partial charge in [-0.1, -0.05) is 18.2 Å². The fourth-order valence-corrected chi connectivity index (χ4v) is 2.38. The Morgan fingerprint density at radius 1 is 1.23 bits per heavy atom. The molecule has 0 amide bonds. The summed E-state index contributed by atoms with van der Waals surface area (Å²) in [7, 11) is 0. The molecule has 0 aliphatic carbocycles. The second kappa shape index (κ2) is 7.66. The van der Waals surface area contributed by atoms with Gasteiger partial charge in [0.2, 0.25) is 5.95 Å². The van der Waals surface area contributed by atoms with Crippen LogP contribution in [0.1, 0.15) is 5.56 Å². The molecule has 0 saturated carbocycles. The van der Waals surface area contributed by atoms with Crippen LogP contribution >= 0.6 is 12.2 Å². The number of rotatable bonds is 5. The van der Waals surface area contributed by atoms with Crippen LogP contribution in [0.3, 0.4) is 0 Å². The average Bonchev–Trinajstić information content (AvgIpc) is 3.04. The largest absolute Gasteiger partial charge is 0.332 e. The lowest BCUT2D eigenvalue weighted by Crippen LogP contribution is -2.20. The van der Waals surface area contributed by atoms with Crippen molar-refractivity contribution in [1.29, 1.82) is 0 Å². The Morgan fingerprint density at radius 3 is 2.73 bits per heavy atom. The summed E-state index contributed by atoms with van der Waals surface area (Å²) in [4.78, 5) is 14.4. The van der Waals surface area contributed by atoms with Crippen LogP contribution in [0.15, 0.2) is 54.9 Å². The van der Waals surface area contributed by atoms with Crippen molar-refractivity contribution < 1.29 is 9.31 Å². The summed E-state index contributed by atoms with van der Waals surface area (Å²) in [6.45, 7) is 0.431. The molecule has 0 atom stereocenters. The summed E-state index contributed by atoms with van der Waals surface area (Å²) >= 11 is 5.16. The fourth-order valence-electron chi connectivity index (χ4n) is 2.17. The van der Waals surface area contributed by atoms with Gasteiger partial charge in [0.15, 0.2) is 5.11 Å². The molecule has 0 fully saturated rings. The van der Waals surface area contributed by atoms with Gasteiger partial charge in [0.05, 0.1) is 11.5 Å². The molecule has 0 unspecified atom stereocenters. The molecule has 0 saturated heterocycles. The lowest BCUT2D eigenvalue weighted by atomic mass is 10.2. The van der Waals surface area contributed by atoms with Gasteiger partial charge < -0.3 is 5.32 Å². The van der Waals surface area contributed by atoms with Crippen LogP contribution in [-0.4, -0.2) is 24.8 Å². The second-order valence-electron chi connectivity index (χ2n) is 5.28. The molecule has 26 heavy (non-hydrogen) atoms. The summed E-state index contributed by atoms with van der Waals surface area (Å²) in [6.07, 6.45) is 1.52. The maximum absolute atomic E-state index is 12.9. The van der Waals surface area contributed by atoms with Gasteiger partial charge in [0.25, 0.3) is 5.69 Å². The van der Waals surface area contributed by atoms with Crippen molar-refractivity contribution >= 4 is 34.7 Å². The van der Waals surface area contributed by atoms with E-state index in [1.54, 1.807) is 28.9 Å². The molecule has 0 aliphatic rings. The maximum Gasteiger partial charge on any atom is 0.271 e. The molecule has 0 spiro atoms. The highest BCUT2D eigenvalue weighted by molar-refractivity contribution is 7.80. The van der Waals surface area contributed by atoms with Gasteiger partial charge in [-0.25, -0.2) is 14.1 Å². The number of nitro groups is 1. The zero-order valence-electron chi connectivity index (χ0n) is 13.3. The van der Waals surface area contributed by atoms with E-state index in [2.05, 4.69) is 20.7 Å². The SMILES string of the molecule is O=[N+]([O-])c1cccc(NC(=S)Nc2ncn(Cc3ccc(F)cc3)n2)c1. The van der Waals surface area contributed by atoms with Crippen LogP contribution in [0.2, 0.25) is 0 Å². The van der Waals surface area contributed by atoms with E-state index in [1.807, 2.05) is 0 Å². The number of non-ortho nitro benzene ring substituents is 1. The number of anilines is 2. The standard InChI is InChI=1S/C16H13FN6O2S/c17-12-6-4-11(5-7-12)9-22-10-18-15(21-22)20-16(26)19-13-2-1-3-14(8-13)23(24)25/h1-8,10H,9H2,(H2,19,20,21,26). The topological polar surface area (TPSA) is 97.9 Å². The Labute approximate surface area is 152 Å². The number of thiocarbonyl (C=S) groups is 1. The smallest absolute Gasteiger partial charge is 0.271 e. The molecule has 0 aliphatic heterocycles. The maximum atomic E-state index is 12.9. The molecule has 132 valence electrons. The third kappa shape index (κ3) is 4.57. The van der Waals surface area contributed by atoms with Gasteiger partial charge in [-0.15, -0.1) is 5.10 Å².